The van der Waals surface area contributed by atoms with Crippen LogP contribution in [0.4, 0.5) is 0 Å². The first-order valence-corrected chi connectivity index (χ1v) is 9.67. The van der Waals surface area contributed by atoms with E-state index in [1.807, 2.05) is 32.0 Å². The highest BCUT2D eigenvalue weighted by Gasteiger charge is 2.34. The molecule has 3 N–H and O–H groups in total. The summed E-state index contributed by atoms with van der Waals surface area (Å²) in [5, 5.41) is 16.1. The number of nitrogens with one attached hydrogen (secondary N) is 2. The Labute approximate surface area is 185 Å². The van der Waals surface area contributed by atoms with Crippen molar-refractivity contribution in [2.75, 3.05) is 46.6 Å². The number of aliphatic hydroxyl groups is 1. The maximum absolute atomic E-state index is 9.37. The molecule has 1 heterocycles. The number of ether oxygens (including phenoxy) is 3. The number of nitrogens with zero attached hydrogens (tertiary/aromatic N) is 1. The minimum atomic E-state index is -0.0205. The molecule has 1 aliphatic heterocycles. The van der Waals surface area contributed by atoms with Crippen LogP contribution in [0.15, 0.2) is 23.2 Å². The van der Waals surface area contributed by atoms with Crippen molar-refractivity contribution in [3.05, 3.63) is 23.8 Å². The van der Waals surface area contributed by atoms with E-state index in [1.165, 1.54) is 0 Å². The molecule has 1 unspecified atom stereocenters. The van der Waals surface area contributed by atoms with Crippen LogP contribution in [0.2, 0.25) is 0 Å². The summed E-state index contributed by atoms with van der Waals surface area (Å²) in [6, 6.07) is 5.87. The number of aliphatic hydroxyl groups excluding tert-OH is 1. The van der Waals surface area contributed by atoms with Gasteiger partial charge in [0.2, 0.25) is 0 Å². The first-order valence-electron chi connectivity index (χ1n) is 9.67. The number of guanidine groups is 1. The molecule has 1 atom stereocenters. The summed E-state index contributed by atoms with van der Waals surface area (Å²) in [6.07, 6.45) is 1.69. The third kappa shape index (κ3) is 7.29. The normalized spacial score (nSPS) is 19.1. The van der Waals surface area contributed by atoms with Crippen molar-refractivity contribution in [3.8, 4) is 11.5 Å². The molecule has 0 radical (unpaired) electrons. The van der Waals surface area contributed by atoms with Crippen molar-refractivity contribution >= 4 is 29.9 Å². The second kappa shape index (κ2) is 13.1. The fraction of sp³-hybridized carbons (Fsp3) is 0.650. The monoisotopic (exact) mass is 507 g/mol. The SMILES string of the molecule is CCNC(=NCc1ccc(OCC)c(OC)c1)NCC1(CCO)CCOC1.I. The van der Waals surface area contributed by atoms with Crippen LogP contribution in [-0.2, 0) is 11.3 Å². The van der Waals surface area contributed by atoms with Gasteiger partial charge in [-0.15, -0.1) is 24.0 Å². The van der Waals surface area contributed by atoms with Crippen LogP contribution >= 0.6 is 24.0 Å². The van der Waals surface area contributed by atoms with Crippen molar-refractivity contribution in [2.45, 2.75) is 33.2 Å². The van der Waals surface area contributed by atoms with Crippen molar-refractivity contribution in [1.82, 2.24) is 10.6 Å². The van der Waals surface area contributed by atoms with Gasteiger partial charge in [0.05, 0.1) is 26.9 Å². The molecule has 7 nitrogen and oxygen atoms in total. The van der Waals surface area contributed by atoms with Crippen molar-refractivity contribution < 1.29 is 19.3 Å². The van der Waals surface area contributed by atoms with Gasteiger partial charge in [0.25, 0.3) is 0 Å². The highest BCUT2D eigenvalue weighted by molar-refractivity contribution is 14.0. The number of hydrogen-bond acceptors (Lipinski definition) is 5. The van der Waals surface area contributed by atoms with Crippen LogP contribution in [0.3, 0.4) is 0 Å². The predicted molar refractivity (Wildman–Crippen MR) is 122 cm³/mol. The van der Waals surface area contributed by atoms with E-state index in [0.29, 0.717) is 25.5 Å². The van der Waals surface area contributed by atoms with E-state index in [0.717, 1.165) is 49.8 Å². The molecule has 0 aromatic heterocycles. The standard InChI is InChI=1S/C20H33N3O4.HI/c1-4-21-19(23-14-20(8-10-24)9-11-26-15-20)22-13-16-6-7-17(27-5-2)18(12-16)25-3;/h6-7,12,24H,4-5,8-11,13-15H2,1-3H3,(H2,21,22,23);1H. The van der Waals surface area contributed by atoms with Gasteiger partial charge in [-0.3, -0.25) is 0 Å². The lowest BCUT2D eigenvalue weighted by Gasteiger charge is -2.27. The Balaban J connectivity index is 0.00000392. The van der Waals surface area contributed by atoms with E-state index in [9.17, 15) is 5.11 Å². The van der Waals surface area contributed by atoms with Gasteiger partial charge in [0, 0.05) is 31.7 Å². The fourth-order valence-electron chi connectivity index (χ4n) is 3.18. The summed E-state index contributed by atoms with van der Waals surface area (Å²) in [4.78, 5) is 4.68. The molecule has 160 valence electrons. The van der Waals surface area contributed by atoms with Crippen LogP contribution in [0, 0.1) is 5.41 Å². The molecular weight excluding hydrogens is 473 g/mol. The maximum Gasteiger partial charge on any atom is 0.191 e. The van der Waals surface area contributed by atoms with Crippen LogP contribution in [0.1, 0.15) is 32.3 Å². The molecule has 0 spiro atoms. The van der Waals surface area contributed by atoms with E-state index < -0.39 is 0 Å². The second-order valence-electron chi connectivity index (χ2n) is 6.74. The van der Waals surface area contributed by atoms with E-state index in [1.54, 1.807) is 7.11 Å². The zero-order valence-electron chi connectivity index (χ0n) is 17.1. The van der Waals surface area contributed by atoms with Gasteiger partial charge < -0.3 is 30.0 Å². The Kier molecular flexibility index (Phi) is 11.6. The van der Waals surface area contributed by atoms with Crippen molar-refractivity contribution in [1.29, 1.82) is 0 Å². The molecular formula is C20H34IN3O4. The third-order valence-electron chi connectivity index (χ3n) is 4.75. The zero-order valence-corrected chi connectivity index (χ0v) is 19.5. The van der Waals surface area contributed by atoms with E-state index >= 15 is 0 Å². The lowest BCUT2D eigenvalue weighted by molar-refractivity contribution is 0.127. The molecule has 0 bridgehead atoms. The number of methoxy groups -OCH3 is 1. The molecule has 0 aliphatic carbocycles. The Morgan fingerprint density at radius 2 is 2.11 bits per heavy atom. The molecule has 1 aromatic carbocycles. The van der Waals surface area contributed by atoms with E-state index in [4.69, 9.17) is 14.2 Å². The molecule has 1 aromatic rings. The first-order chi connectivity index (χ1) is 13.2. The van der Waals surface area contributed by atoms with Crippen LogP contribution in [0.25, 0.3) is 0 Å². The van der Waals surface area contributed by atoms with E-state index in [-0.39, 0.29) is 36.0 Å². The number of hydrogen-bond donors (Lipinski definition) is 3. The molecule has 2 rings (SSSR count). The van der Waals surface area contributed by atoms with Crippen LogP contribution in [0.5, 0.6) is 11.5 Å². The molecule has 1 saturated heterocycles. The van der Waals surface area contributed by atoms with Crippen molar-refractivity contribution in [2.24, 2.45) is 10.4 Å². The Hall–Kier alpha value is -1.26. The Morgan fingerprint density at radius 3 is 2.71 bits per heavy atom. The zero-order chi connectivity index (χ0) is 19.5. The molecule has 1 fully saturated rings. The number of halogens is 1. The molecule has 0 amide bonds. The molecule has 0 saturated carbocycles. The van der Waals surface area contributed by atoms with Gasteiger partial charge >= 0.3 is 0 Å². The average molecular weight is 507 g/mol. The minimum Gasteiger partial charge on any atom is -0.493 e. The molecule has 28 heavy (non-hydrogen) atoms. The number of aliphatic imine (C=N–C) groups is 1. The van der Waals surface area contributed by atoms with Gasteiger partial charge in [-0.2, -0.15) is 0 Å². The van der Waals surface area contributed by atoms with Crippen molar-refractivity contribution in [3.63, 3.8) is 0 Å². The van der Waals surface area contributed by atoms with Gasteiger partial charge in [0.1, 0.15) is 0 Å². The summed E-state index contributed by atoms with van der Waals surface area (Å²) in [5.41, 5.74) is 1.02. The smallest absolute Gasteiger partial charge is 0.191 e. The molecule has 8 heteroatoms. The fourth-order valence-corrected chi connectivity index (χ4v) is 3.18. The lowest BCUT2D eigenvalue weighted by atomic mass is 9.84. The Morgan fingerprint density at radius 1 is 1.29 bits per heavy atom. The van der Waals surface area contributed by atoms with Gasteiger partial charge in [-0.05, 0) is 44.4 Å². The predicted octanol–water partition coefficient (Wildman–Crippen LogP) is 2.56. The quantitative estimate of drug-likeness (QED) is 0.257. The summed E-state index contributed by atoms with van der Waals surface area (Å²) < 4.78 is 16.5. The second-order valence-corrected chi connectivity index (χ2v) is 6.74. The van der Waals surface area contributed by atoms with Gasteiger partial charge in [-0.25, -0.2) is 4.99 Å². The van der Waals surface area contributed by atoms with Crippen LogP contribution in [-0.4, -0.2) is 57.7 Å². The Bertz CT molecular complexity index is 607. The lowest BCUT2D eigenvalue weighted by Crippen LogP contribution is -2.44. The van der Waals surface area contributed by atoms with Gasteiger partial charge in [0.15, 0.2) is 17.5 Å². The number of rotatable bonds is 10. The van der Waals surface area contributed by atoms with Crippen LogP contribution < -0.4 is 20.1 Å². The average Bonchev–Trinajstić information content (AvgIpc) is 3.14. The largest absolute Gasteiger partial charge is 0.493 e. The minimum absolute atomic E-state index is 0. The highest BCUT2D eigenvalue weighted by atomic mass is 127. The topological polar surface area (TPSA) is 84.3 Å². The first kappa shape index (κ1) is 24.8. The maximum atomic E-state index is 9.37. The molecule has 1 aliphatic rings. The summed E-state index contributed by atoms with van der Waals surface area (Å²) in [5.74, 6) is 2.21. The summed E-state index contributed by atoms with van der Waals surface area (Å²) >= 11 is 0. The summed E-state index contributed by atoms with van der Waals surface area (Å²) in [7, 11) is 1.64. The summed E-state index contributed by atoms with van der Waals surface area (Å²) in [6.45, 7) is 8.23. The third-order valence-corrected chi connectivity index (χ3v) is 4.75. The van der Waals surface area contributed by atoms with Gasteiger partial charge in [-0.1, -0.05) is 6.07 Å². The van der Waals surface area contributed by atoms with E-state index in [2.05, 4.69) is 15.6 Å². The number of benzene rings is 1. The highest BCUT2D eigenvalue weighted by Crippen LogP contribution is 2.31.